The van der Waals surface area contributed by atoms with Crippen LogP contribution in [0.5, 0.6) is 0 Å². The van der Waals surface area contributed by atoms with E-state index >= 15 is 0 Å². The van der Waals surface area contributed by atoms with Crippen molar-refractivity contribution < 1.29 is 18.4 Å². The molecule has 0 aliphatic carbocycles. The van der Waals surface area contributed by atoms with Gasteiger partial charge in [0.05, 0.1) is 0 Å². The normalized spacial score (nSPS) is 8.50. The predicted octanol–water partition coefficient (Wildman–Crippen LogP) is 1.16. The van der Waals surface area contributed by atoms with Crippen molar-refractivity contribution in [1.82, 2.24) is 0 Å². The Kier molecular flexibility index (Phi) is 2.10. The first-order chi connectivity index (χ1) is 3.93. The van der Waals surface area contributed by atoms with Crippen LogP contribution in [0.3, 0.4) is 0 Å². The third-order valence-corrected chi connectivity index (χ3v) is 2.69. The van der Waals surface area contributed by atoms with Crippen molar-refractivity contribution in [1.29, 1.82) is 3.91 Å². The first-order valence-corrected chi connectivity index (χ1v) is 5.25. The molecule has 0 atom stereocenters. The zero-order valence-electron chi connectivity index (χ0n) is 4.29. The Morgan fingerprint density at radius 3 is 2.12 bits per heavy atom. The van der Waals surface area contributed by atoms with Gasteiger partial charge in [0.15, 0.2) is 0 Å². The first kappa shape index (κ1) is 5.84. The molecule has 0 aliphatic rings. The second kappa shape index (κ2) is 2.88. The molecule has 0 unspecified atom stereocenters. The molecule has 0 radical (unpaired) electrons. The molecule has 0 amide bonds. The van der Waals surface area contributed by atoms with Gasteiger partial charge in [0.25, 0.3) is 0 Å². The minimum atomic E-state index is -0.868. The number of rotatable bonds is 1. The van der Waals surface area contributed by atoms with Crippen LogP contribution in [0.4, 0.5) is 0 Å². The number of hydrogen-bond acceptors (Lipinski definition) is 1. The average Bonchev–Trinajstić information content (AvgIpc) is 1.90. The fourth-order valence-electron chi connectivity index (χ4n) is 0.489. The maximum absolute atomic E-state index is 7.11. The van der Waals surface area contributed by atoms with E-state index in [-0.39, 0.29) is 0 Å². The zero-order valence-corrected chi connectivity index (χ0v) is 7.23. The van der Waals surface area contributed by atoms with Gasteiger partial charge in [-0.05, 0) is 0 Å². The van der Waals surface area contributed by atoms with Crippen LogP contribution in [0.15, 0.2) is 30.3 Å². The summed E-state index contributed by atoms with van der Waals surface area (Å²) in [6.45, 7) is 0. The fourth-order valence-corrected chi connectivity index (χ4v) is 1.54. The summed E-state index contributed by atoms with van der Waals surface area (Å²) >= 11 is -0.868. The molecular weight excluding hydrogens is 270 g/mol. The van der Waals surface area contributed by atoms with Crippen LogP contribution in [0, 0.1) is 3.91 Å². The zero-order chi connectivity index (χ0) is 5.82. The van der Waals surface area contributed by atoms with Gasteiger partial charge in [0.2, 0.25) is 0 Å². The number of nitrogens with one attached hydrogen (secondary N) is 1. The molecule has 41 valence electrons. The summed E-state index contributed by atoms with van der Waals surface area (Å²) in [5, 5.41) is 0. The molecule has 0 aromatic heterocycles. The average molecular weight is 276 g/mol. The summed E-state index contributed by atoms with van der Waals surface area (Å²) in [4.78, 5) is 0. The van der Waals surface area contributed by atoms with Crippen LogP contribution in [0.25, 0.3) is 0 Å². The topological polar surface area (TPSA) is 23.9 Å². The van der Waals surface area contributed by atoms with Gasteiger partial charge >= 0.3 is 56.6 Å². The van der Waals surface area contributed by atoms with Crippen molar-refractivity contribution in [3.8, 4) is 0 Å². The van der Waals surface area contributed by atoms with Gasteiger partial charge in [0.1, 0.15) is 0 Å². The molecular formula is C6H6NW. The monoisotopic (exact) mass is 276 g/mol. The van der Waals surface area contributed by atoms with Crippen molar-refractivity contribution in [2.45, 2.75) is 0 Å². The summed E-state index contributed by atoms with van der Waals surface area (Å²) in [5.41, 5.74) is 0. The Morgan fingerprint density at radius 2 is 1.75 bits per heavy atom. The number of benzene rings is 1. The predicted molar refractivity (Wildman–Crippen MR) is 28.8 cm³/mol. The third kappa shape index (κ3) is 1.34. The Labute approximate surface area is 56.9 Å². The van der Waals surface area contributed by atoms with Crippen molar-refractivity contribution in [2.75, 3.05) is 0 Å². The van der Waals surface area contributed by atoms with E-state index in [1.165, 1.54) is 3.95 Å². The fraction of sp³-hybridized carbons (Fsp3) is 0. The molecule has 0 spiro atoms. The molecule has 0 fully saturated rings. The molecule has 1 rings (SSSR count). The SMILES string of the molecule is [NH]=[W][c]1ccccc1. The third-order valence-electron chi connectivity index (χ3n) is 0.861. The van der Waals surface area contributed by atoms with Crippen LogP contribution in [-0.4, -0.2) is 0 Å². The summed E-state index contributed by atoms with van der Waals surface area (Å²) in [5.74, 6) is 0. The Balaban J connectivity index is 2.99. The first-order valence-electron chi connectivity index (χ1n) is 2.32. The van der Waals surface area contributed by atoms with Crippen LogP contribution >= 0.6 is 0 Å². The van der Waals surface area contributed by atoms with Gasteiger partial charge in [-0.2, -0.15) is 0 Å². The molecule has 8 heavy (non-hydrogen) atoms. The summed E-state index contributed by atoms with van der Waals surface area (Å²) in [7, 11) is 0. The molecule has 0 aliphatic heterocycles. The molecule has 1 aromatic rings. The van der Waals surface area contributed by atoms with E-state index in [2.05, 4.69) is 0 Å². The quantitative estimate of drug-likeness (QED) is 0.795. The van der Waals surface area contributed by atoms with Crippen molar-refractivity contribution in [3.63, 3.8) is 0 Å². The van der Waals surface area contributed by atoms with E-state index in [1.807, 2.05) is 30.3 Å². The van der Waals surface area contributed by atoms with E-state index in [0.717, 1.165) is 0 Å². The summed E-state index contributed by atoms with van der Waals surface area (Å²) < 4.78 is 8.35. The van der Waals surface area contributed by atoms with E-state index in [4.69, 9.17) is 3.91 Å². The van der Waals surface area contributed by atoms with Gasteiger partial charge < -0.3 is 0 Å². The Hall–Kier alpha value is -0.292. The van der Waals surface area contributed by atoms with Crippen molar-refractivity contribution >= 4 is 3.95 Å². The van der Waals surface area contributed by atoms with E-state index < -0.39 is 18.4 Å². The molecule has 0 saturated heterocycles. The van der Waals surface area contributed by atoms with Crippen LogP contribution in [0.2, 0.25) is 0 Å². The van der Waals surface area contributed by atoms with Crippen molar-refractivity contribution in [3.05, 3.63) is 30.3 Å². The second-order valence-corrected chi connectivity index (χ2v) is 3.84. The van der Waals surface area contributed by atoms with Gasteiger partial charge in [0, 0.05) is 0 Å². The van der Waals surface area contributed by atoms with Gasteiger partial charge in [-0.1, -0.05) is 0 Å². The minimum absolute atomic E-state index is 0.868. The summed E-state index contributed by atoms with van der Waals surface area (Å²) in [6.07, 6.45) is 0. The maximum atomic E-state index is 7.11. The van der Waals surface area contributed by atoms with E-state index in [9.17, 15) is 0 Å². The summed E-state index contributed by atoms with van der Waals surface area (Å²) in [6, 6.07) is 10.0. The molecule has 1 aromatic carbocycles. The second-order valence-electron chi connectivity index (χ2n) is 1.42. The van der Waals surface area contributed by atoms with Crippen LogP contribution < -0.4 is 3.95 Å². The molecule has 1 N–H and O–H groups in total. The molecule has 0 bridgehead atoms. The standard InChI is InChI=1S/C6H5.HN.W/c1-2-4-6-5-3-1;;/h1-5H;1H;. The number of hydrogen-bond donors (Lipinski definition) is 1. The molecule has 0 saturated carbocycles. The van der Waals surface area contributed by atoms with E-state index in [1.54, 1.807) is 0 Å². The Morgan fingerprint density at radius 1 is 1.12 bits per heavy atom. The van der Waals surface area contributed by atoms with Gasteiger partial charge in [-0.15, -0.1) is 0 Å². The van der Waals surface area contributed by atoms with Gasteiger partial charge in [-0.3, -0.25) is 0 Å². The van der Waals surface area contributed by atoms with Crippen molar-refractivity contribution in [2.24, 2.45) is 0 Å². The van der Waals surface area contributed by atoms with Crippen LogP contribution in [-0.2, 0) is 18.4 Å². The van der Waals surface area contributed by atoms with Crippen LogP contribution in [0.1, 0.15) is 0 Å². The molecule has 2 heteroatoms. The Bertz CT molecular complexity index is 171. The van der Waals surface area contributed by atoms with E-state index in [0.29, 0.717) is 0 Å². The van der Waals surface area contributed by atoms with Gasteiger partial charge in [-0.25, -0.2) is 0 Å². The molecule has 0 heterocycles. The molecule has 1 nitrogen and oxygen atoms in total.